The first kappa shape index (κ1) is 11.3. The zero-order valence-electron chi connectivity index (χ0n) is 9.83. The molecule has 1 aromatic heterocycles. The summed E-state index contributed by atoms with van der Waals surface area (Å²) in [6, 6.07) is 0. The van der Waals surface area contributed by atoms with Crippen LogP contribution in [0.15, 0.2) is 18.7 Å². The van der Waals surface area contributed by atoms with E-state index in [-0.39, 0.29) is 0 Å². The van der Waals surface area contributed by atoms with Gasteiger partial charge in [0.25, 0.3) is 0 Å². The molecule has 0 fully saturated rings. The Balaban J connectivity index is 2.40. The summed E-state index contributed by atoms with van der Waals surface area (Å²) in [4.78, 5) is 4.05. The van der Waals surface area contributed by atoms with Crippen molar-refractivity contribution in [3.8, 4) is 0 Å². The van der Waals surface area contributed by atoms with Gasteiger partial charge in [-0.15, -0.1) is 0 Å². The maximum atomic E-state index is 4.05. The van der Waals surface area contributed by atoms with Crippen molar-refractivity contribution in [3.63, 3.8) is 0 Å². The van der Waals surface area contributed by atoms with E-state index in [1.54, 1.807) is 0 Å². The van der Waals surface area contributed by atoms with Crippen LogP contribution in [-0.2, 0) is 6.54 Å². The summed E-state index contributed by atoms with van der Waals surface area (Å²) in [7, 11) is 0. The molecule has 2 nitrogen and oxygen atoms in total. The van der Waals surface area contributed by atoms with Crippen LogP contribution < -0.4 is 0 Å². The fourth-order valence-corrected chi connectivity index (χ4v) is 1.91. The third-order valence-electron chi connectivity index (χ3n) is 2.94. The molecule has 1 unspecified atom stereocenters. The third-order valence-corrected chi connectivity index (χ3v) is 2.94. The van der Waals surface area contributed by atoms with Crippen LogP contribution in [0.2, 0.25) is 0 Å². The van der Waals surface area contributed by atoms with Crippen LogP contribution in [0.1, 0.15) is 40.5 Å². The molecule has 0 saturated carbocycles. The molecule has 0 amide bonds. The Morgan fingerprint density at radius 1 is 1.43 bits per heavy atom. The predicted octanol–water partition coefficient (Wildman–Crippen LogP) is 3.35. The SMILES string of the molecule is CCC(C)(C)CC(C)Cn1ccnc1. The van der Waals surface area contributed by atoms with E-state index in [1.165, 1.54) is 12.8 Å². The summed E-state index contributed by atoms with van der Waals surface area (Å²) in [5.41, 5.74) is 0.472. The van der Waals surface area contributed by atoms with E-state index in [0.717, 1.165) is 12.5 Å². The normalized spacial score (nSPS) is 14.3. The molecule has 1 heterocycles. The lowest BCUT2D eigenvalue weighted by atomic mass is 9.81. The predicted molar refractivity (Wildman–Crippen MR) is 60.1 cm³/mol. The Morgan fingerprint density at radius 2 is 2.14 bits per heavy atom. The molecule has 0 spiro atoms. The Hall–Kier alpha value is -0.790. The highest BCUT2D eigenvalue weighted by atomic mass is 15.0. The lowest BCUT2D eigenvalue weighted by Crippen LogP contribution is -2.17. The summed E-state index contributed by atoms with van der Waals surface area (Å²) in [6.07, 6.45) is 8.31. The minimum absolute atomic E-state index is 0.472. The zero-order valence-corrected chi connectivity index (χ0v) is 9.83. The molecular formula is C12H22N2. The largest absolute Gasteiger partial charge is 0.337 e. The second kappa shape index (κ2) is 4.63. The number of aromatic nitrogens is 2. The highest BCUT2D eigenvalue weighted by Crippen LogP contribution is 2.29. The standard InChI is InChI=1S/C12H22N2/c1-5-12(3,4)8-11(2)9-14-7-6-13-10-14/h6-7,10-11H,5,8-9H2,1-4H3. The average molecular weight is 194 g/mol. The van der Waals surface area contributed by atoms with Crippen molar-refractivity contribution in [2.75, 3.05) is 0 Å². The maximum Gasteiger partial charge on any atom is 0.0945 e. The third kappa shape index (κ3) is 3.52. The molecule has 1 atom stereocenters. The molecule has 0 radical (unpaired) electrons. The van der Waals surface area contributed by atoms with Gasteiger partial charge >= 0.3 is 0 Å². The molecule has 0 aliphatic carbocycles. The van der Waals surface area contributed by atoms with Crippen molar-refractivity contribution in [3.05, 3.63) is 18.7 Å². The van der Waals surface area contributed by atoms with Crippen molar-refractivity contribution in [1.82, 2.24) is 9.55 Å². The quantitative estimate of drug-likeness (QED) is 0.703. The average Bonchev–Trinajstić information content (AvgIpc) is 2.55. The van der Waals surface area contributed by atoms with Crippen LogP contribution >= 0.6 is 0 Å². The molecule has 14 heavy (non-hydrogen) atoms. The first-order valence-corrected chi connectivity index (χ1v) is 5.49. The molecule has 1 rings (SSSR count). The maximum absolute atomic E-state index is 4.05. The number of hydrogen-bond donors (Lipinski definition) is 0. The Labute approximate surface area is 87.4 Å². The number of rotatable bonds is 5. The highest BCUT2D eigenvalue weighted by molar-refractivity contribution is 4.77. The topological polar surface area (TPSA) is 17.8 Å². The molecule has 0 aliphatic rings. The lowest BCUT2D eigenvalue weighted by Gasteiger charge is -2.26. The van der Waals surface area contributed by atoms with E-state index >= 15 is 0 Å². The van der Waals surface area contributed by atoms with Gasteiger partial charge in [-0.3, -0.25) is 0 Å². The first-order chi connectivity index (χ1) is 6.53. The minimum atomic E-state index is 0.472. The zero-order chi connectivity index (χ0) is 10.6. The Morgan fingerprint density at radius 3 is 2.64 bits per heavy atom. The van der Waals surface area contributed by atoms with Gasteiger partial charge in [-0.05, 0) is 17.8 Å². The number of hydrogen-bond acceptors (Lipinski definition) is 1. The van der Waals surface area contributed by atoms with Crippen LogP contribution in [0.25, 0.3) is 0 Å². The van der Waals surface area contributed by atoms with E-state index in [1.807, 2.05) is 18.7 Å². The van der Waals surface area contributed by atoms with Crippen molar-refractivity contribution in [1.29, 1.82) is 0 Å². The van der Waals surface area contributed by atoms with Gasteiger partial charge in [0.15, 0.2) is 0 Å². The summed E-state index contributed by atoms with van der Waals surface area (Å²) < 4.78 is 2.16. The van der Waals surface area contributed by atoms with E-state index in [4.69, 9.17) is 0 Å². The molecular weight excluding hydrogens is 172 g/mol. The molecule has 0 N–H and O–H groups in total. The van der Waals surface area contributed by atoms with Crippen LogP contribution in [-0.4, -0.2) is 9.55 Å². The fraction of sp³-hybridized carbons (Fsp3) is 0.750. The van der Waals surface area contributed by atoms with E-state index in [2.05, 4.69) is 37.2 Å². The van der Waals surface area contributed by atoms with Gasteiger partial charge in [0.05, 0.1) is 6.33 Å². The van der Waals surface area contributed by atoms with Crippen molar-refractivity contribution >= 4 is 0 Å². The van der Waals surface area contributed by atoms with E-state index < -0.39 is 0 Å². The monoisotopic (exact) mass is 194 g/mol. The molecule has 80 valence electrons. The van der Waals surface area contributed by atoms with Crippen LogP contribution in [0.5, 0.6) is 0 Å². The second-order valence-corrected chi connectivity index (χ2v) is 5.09. The van der Waals surface area contributed by atoms with Crippen LogP contribution in [0.4, 0.5) is 0 Å². The van der Waals surface area contributed by atoms with Crippen molar-refractivity contribution in [2.45, 2.75) is 47.1 Å². The molecule has 0 bridgehead atoms. The van der Waals surface area contributed by atoms with Gasteiger partial charge in [-0.1, -0.05) is 34.1 Å². The number of nitrogens with zero attached hydrogens (tertiary/aromatic N) is 2. The second-order valence-electron chi connectivity index (χ2n) is 5.09. The smallest absolute Gasteiger partial charge is 0.0945 e. The molecule has 0 saturated heterocycles. The van der Waals surface area contributed by atoms with Crippen molar-refractivity contribution < 1.29 is 0 Å². The lowest BCUT2D eigenvalue weighted by molar-refractivity contribution is 0.251. The molecule has 0 aromatic carbocycles. The van der Waals surface area contributed by atoms with Crippen LogP contribution in [0, 0.1) is 11.3 Å². The van der Waals surface area contributed by atoms with E-state index in [0.29, 0.717) is 5.41 Å². The van der Waals surface area contributed by atoms with Gasteiger partial charge in [0.1, 0.15) is 0 Å². The fourth-order valence-electron chi connectivity index (χ4n) is 1.91. The summed E-state index contributed by atoms with van der Waals surface area (Å²) in [5, 5.41) is 0. The molecule has 2 heteroatoms. The molecule has 0 aliphatic heterocycles. The van der Waals surface area contributed by atoms with Crippen molar-refractivity contribution in [2.24, 2.45) is 11.3 Å². The summed E-state index contributed by atoms with van der Waals surface area (Å²) in [5.74, 6) is 0.721. The van der Waals surface area contributed by atoms with E-state index in [9.17, 15) is 0 Å². The van der Waals surface area contributed by atoms with Gasteiger partial charge in [0, 0.05) is 18.9 Å². The highest BCUT2D eigenvalue weighted by Gasteiger charge is 2.18. The van der Waals surface area contributed by atoms with Gasteiger partial charge in [-0.2, -0.15) is 0 Å². The van der Waals surface area contributed by atoms with Gasteiger partial charge in [0.2, 0.25) is 0 Å². The molecule has 1 aromatic rings. The van der Waals surface area contributed by atoms with Gasteiger partial charge < -0.3 is 4.57 Å². The van der Waals surface area contributed by atoms with Crippen LogP contribution in [0.3, 0.4) is 0 Å². The summed E-state index contributed by atoms with van der Waals surface area (Å²) >= 11 is 0. The Kier molecular flexibility index (Phi) is 3.73. The first-order valence-electron chi connectivity index (χ1n) is 5.49. The summed E-state index contributed by atoms with van der Waals surface area (Å²) in [6.45, 7) is 10.4. The number of imidazole rings is 1. The Bertz CT molecular complexity index is 249. The van der Waals surface area contributed by atoms with Gasteiger partial charge in [-0.25, -0.2) is 4.98 Å². The minimum Gasteiger partial charge on any atom is -0.337 e.